The predicted octanol–water partition coefficient (Wildman–Crippen LogP) is 2.20. The lowest BCUT2D eigenvalue weighted by Gasteiger charge is -2.31. The van der Waals surface area contributed by atoms with Gasteiger partial charge in [-0.2, -0.15) is 4.31 Å². The third-order valence-electron chi connectivity index (χ3n) is 5.85. The number of sulfonamides is 1. The van der Waals surface area contributed by atoms with Crippen molar-refractivity contribution in [3.8, 4) is 0 Å². The molecule has 0 unspecified atom stereocenters. The lowest BCUT2D eigenvalue weighted by atomic mass is 9.98. The maximum absolute atomic E-state index is 13.1. The number of nitrogens with zero attached hydrogens (tertiary/aromatic N) is 2. The minimum absolute atomic E-state index is 0.114. The Morgan fingerprint density at radius 1 is 0.938 bits per heavy atom. The van der Waals surface area contributed by atoms with Gasteiger partial charge in [-0.1, -0.05) is 30.3 Å². The van der Waals surface area contributed by atoms with Crippen LogP contribution in [0.15, 0.2) is 59.5 Å². The van der Waals surface area contributed by atoms with Crippen LogP contribution < -0.4 is 5.32 Å². The van der Waals surface area contributed by atoms with Crippen LogP contribution in [0.2, 0.25) is 0 Å². The highest BCUT2D eigenvalue weighted by Crippen LogP contribution is 2.26. The molecule has 2 fully saturated rings. The van der Waals surface area contributed by atoms with Gasteiger partial charge in [-0.3, -0.25) is 9.59 Å². The Balaban J connectivity index is 1.47. The third-order valence-corrected chi connectivity index (χ3v) is 7.73. The fraction of sp³-hybridized carbons (Fsp3) is 0.391. The van der Waals surface area contributed by atoms with Crippen molar-refractivity contribution in [2.24, 2.45) is 5.92 Å². The first-order valence-corrected chi connectivity index (χ1v) is 12.2. The minimum Gasteiger partial charge on any atom is -0.378 e. The molecular formula is C23H27N3O5S. The number of amides is 2. The fourth-order valence-corrected chi connectivity index (χ4v) is 5.61. The molecule has 2 aliphatic heterocycles. The lowest BCUT2D eigenvalue weighted by Crippen LogP contribution is -2.44. The van der Waals surface area contributed by atoms with Crippen molar-refractivity contribution in [2.75, 3.05) is 44.7 Å². The summed E-state index contributed by atoms with van der Waals surface area (Å²) in [6.45, 7) is 2.50. The molecule has 0 bridgehead atoms. The Hall–Kier alpha value is -2.75. The molecule has 1 N–H and O–H groups in total. The molecule has 0 aromatic heterocycles. The molecule has 0 radical (unpaired) electrons. The second-order valence-electron chi connectivity index (χ2n) is 7.95. The summed E-state index contributed by atoms with van der Waals surface area (Å²) < 4.78 is 32.6. The Morgan fingerprint density at radius 3 is 2.38 bits per heavy atom. The van der Waals surface area contributed by atoms with E-state index in [2.05, 4.69) is 5.32 Å². The molecule has 2 heterocycles. The zero-order valence-electron chi connectivity index (χ0n) is 17.8. The number of carbonyl (C=O) groups is 2. The van der Waals surface area contributed by atoms with E-state index >= 15 is 0 Å². The summed E-state index contributed by atoms with van der Waals surface area (Å²) in [5.74, 6) is -0.921. The highest BCUT2D eigenvalue weighted by molar-refractivity contribution is 7.89. The molecule has 8 nitrogen and oxygen atoms in total. The number of rotatable bonds is 5. The molecule has 4 rings (SSSR count). The van der Waals surface area contributed by atoms with Crippen LogP contribution in [-0.4, -0.2) is 68.8 Å². The number of hydrogen-bond acceptors (Lipinski definition) is 5. The van der Waals surface area contributed by atoms with Gasteiger partial charge in [0.15, 0.2) is 0 Å². The number of ether oxygens (including phenoxy) is 1. The van der Waals surface area contributed by atoms with Crippen molar-refractivity contribution < 1.29 is 22.7 Å². The smallest absolute Gasteiger partial charge is 0.256 e. The molecule has 0 spiro atoms. The number of morpholine rings is 1. The topological polar surface area (TPSA) is 96.0 Å². The molecule has 2 aromatic carbocycles. The summed E-state index contributed by atoms with van der Waals surface area (Å²) >= 11 is 0. The van der Waals surface area contributed by atoms with E-state index in [-0.39, 0.29) is 23.3 Å². The van der Waals surface area contributed by atoms with Crippen LogP contribution in [0.4, 0.5) is 5.69 Å². The summed E-state index contributed by atoms with van der Waals surface area (Å²) in [5.41, 5.74) is 0.865. The molecule has 170 valence electrons. The first-order chi connectivity index (χ1) is 15.5. The molecular weight excluding hydrogens is 430 g/mol. The molecule has 0 saturated carbocycles. The van der Waals surface area contributed by atoms with E-state index in [1.165, 1.54) is 4.31 Å². The first-order valence-electron chi connectivity index (χ1n) is 10.8. The minimum atomic E-state index is -3.66. The van der Waals surface area contributed by atoms with Crippen molar-refractivity contribution in [2.45, 2.75) is 17.7 Å². The highest BCUT2D eigenvalue weighted by Gasteiger charge is 2.33. The predicted molar refractivity (Wildman–Crippen MR) is 120 cm³/mol. The molecule has 2 aromatic rings. The number of piperidine rings is 1. The molecule has 2 amide bonds. The highest BCUT2D eigenvalue weighted by atomic mass is 32.2. The maximum Gasteiger partial charge on any atom is 0.256 e. The van der Waals surface area contributed by atoms with Crippen LogP contribution in [0.1, 0.15) is 23.2 Å². The van der Waals surface area contributed by atoms with E-state index < -0.39 is 15.9 Å². The van der Waals surface area contributed by atoms with Crippen molar-refractivity contribution in [3.63, 3.8) is 0 Å². The Labute approximate surface area is 188 Å². The molecule has 0 aliphatic carbocycles. The molecule has 2 saturated heterocycles. The molecule has 2 aliphatic rings. The standard InChI is InChI=1S/C23H27N3O5S/c27-22(18-7-6-12-26(17-18)32(29,30)19-8-2-1-3-9-19)24-21-11-5-4-10-20(21)23(28)25-13-15-31-16-14-25/h1-5,8-11,18H,6-7,12-17H2,(H,24,27)/t18-/m1/s1. The van der Waals surface area contributed by atoms with E-state index in [4.69, 9.17) is 4.74 Å². The van der Waals surface area contributed by atoms with E-state index in [0.717, 1.165) is 0 Å². The van der Waals surface area contributed by atoms with Gasteiger partial charge in [0.1, 0.15) is 0 Å². The van der Waals surface area contributed by atoms with E-state index in [9.17, 15) is 18.0 Å². The Morgan fingerprint density at radius 2 is 1.62 bits per heavy atom. The lowest BCUT2D eigenvalue weighted by molar-refractivity contribution is -0.120. The van der Waals surface area contributed by atoms with Crippen LogP contribution in [0, 0.1) is 5.92 Å². The molecule has 32 heavy (non-hydrogen) atoms. The zero-order chi connectivity index (χ0) is 22.6. The van der Waals surface area contributed by atoms with E-state index in [1.807, 2.05) is 0 Å². The van der Waals surface area contributed by atoms with Crippen LogP contribution >= 0.6 is 0 Å². The molecule has 9 heteroatoms. The van der Waals surface area contributed by atoms with Gasteiger partial charge >= 0.3 is 0 Å². The van der Waals surface area contributed by atoms with Gasteiger partial charge < -0.3 is 15.0 Å². The second-order valence-corrected chi connectivity index (χ2v) is 9.89. The Bertz CT molecular complexity index is 1070. The summed E-state index contributed by atoms with van der Waals surface area (Å²) in [6.07, 6.45) is 1.19. The summed E-state index contributed by atoms with van der Waals surface area (Å²) in [4.78, 5) is 27.9. The van der Waals surface area contributed by atoms with E-state index in [0.29, 0.717) is 56.9 Å². The van der Waals surface area contributed by atoms with Crippen LogP contribution in [0.3, 0.4) is 0 Å². The van der Waals surface area contributed by atoms with Gasteiger partial charge in [-0.15, -0.1) is 0 Å². The Kier molecular flexibility index (Phi) is 6.88. The van der Waals surface area contributed by atoms with Crippen molar-refractivity contribution in [1.82, 2.24) is 9.21 Å². The van der Waals surface area contributed by atoms with Crippen LogP contribution in [0.25, 0.3) is 0 Å². The van der Waals surface area contributed by atoms with Crippen LogP contribution in [0.5, 0.6) is 0 Å². The third kappa shape index (κ3) is 4.85. The number of benzene rings is 2. The second kappa shape index (κ2) is 9.81. The average molecular weight is 458 g/mol. The fourth-order valence-electron chi connectivity index (χ4n) is 4.07. The number of hydrogen-bond donors (Lipinski definition) is 1. The monoisotopic (exact) mass is 457 g/mol. The number of nitrogens with one attached hydrogen (secondary N) is 1. The normalized spacial score (nSPS) is 20.0. The first kappa shape index (κ1) is 22.4. The quantitative estimate of drug-likeness (QED) is 0.743. The van der Waals surface area contributed by atoms with Gasteiger partial charge in [-0.25, -0.2) is 8.42 Å². The number of carbonyl (C=O) groups excluding carboxylic acids is 2. The van der Waals surface area contributed by atoms with Gasteiger partial charge in [0.05, 0.1) is 35.3 Å². The van der Waals surface area contributed by atoms with Gasteiger partial charge in [0, 0.05) is 26.2 Å². The zero-order valence-corrected chi connectivity index (χ0v) is 18.6. The largest absolute Gasteiger partial charge is 0.378 e. The van der Waals surface area contributed by atoms with Gasteiger partial charge in [-0.05, 0) is 37.1 Å². The summed E-state index contributed by atoms with van der Waals surface area (Å²) in [5, 5.41) is 2.87. The van der Waals surface area contributed by atoms with Gasteiger partial charge in [0.25, 0.3) is 5.91 Å². The van der Waals surface area contributed by atoms with Crippen molar-refractivity contribution in [3.05, 3.63) is 60.2 Å². The number of anilines is 1. The van der Waals surface area contributed by atoms with E-state index in [1.54, 1.807) is 59.5 Å². The average Bonchev–Trinajstić information content (AvgIpc) is 2.85. The SMILES string of the molecule is O=C(Nc1ccccc1C(=O)N1CCOCC1)[C@@H]1CCCN(S(=O)(=O)c2ccccc2)C1. The van der Waals surface area contributed by atoms with Gasteiger partial charge in [0.2, 0.25) is 15.9 Å². The molecule has 1 atom stereocenters. The number of para-hydroxylation sites is 1. The summed E-state index contributed by atoms with van der Waals surface area (Å²) in [6, 6.07) is 15.2. The maximum atomic E-state index is 13.1. The van der Waals surface area contributed by atoms with Crippen molar-refractivity contribution in [1.29, 1.82) is 0 Å². The van der Waals surface area contributed by atoms with Crippen molar-refractivity contribution >= 4 is 27.5 Å². The summed E-state index contributed by atoms with van der Waals surface area (Å²) in [7, 11) is -3.66. The van der Waals surface area contributed by atoms with Crippen LogP contribution in [-0.2, 0) is 19.6 Å².